The Bertz CT molecular complexity index is 672. The maximum absolute atomic E-state index is 12.1. The third-order valence-corrected chi connectivity index (χ3v) is 3.66. The Morgan fingerprint density at radius 2 is 1.26 bits per heavy atom. The lowest BCUT2D eigenvalue weighted by molar-refractivity contribution is 0.0913. The van der Waals surface area contributed by atoms with Crippen LogP contribution in [0, 0.1) is 0 Å². The summed E-state index contributed by atoms with van der Waals surface area (Å²) >= 11 is 0. The Balaban J connectivity index is 2.11. The lowest BCUT2D eigenvalue weighted by Crippen LogP contribution is -2.41. The number of carbonyl (C=O) groups excluding carboxylic acids is 1. The molecule has 2 aromatic rings. The van der Waals surface area contributed by atoms with Crippen LogP contribution >= 0.6 is 0 Å². The first-order valence-corrected chi connectivity index (χ1v) is 7.79. The molecule has 0 saturated carbocycles. The van der Waals surface area contributed by atoms with Crippen LogP contribution in [0.3, 0.4) is 0 Å². The summed E-state index contributed by atoms with van der Waals surface area (Å²) in [7, 11) is 0. The molecule has 23 heavy (non-hydrogen) atoms. The van der Waals surface area contributed by atoms with Crippen LogP contribution in [0.5, 0.6) is 11.5 Å². The van der Waals surface area contributed by atoms with Crippen molar-refractivity contribution in [2.45, 2.75) is 45.6 Å². The Kier molecular flexibility index (Phi) is 4.62. The van der Waals surface area contributed by atoms with E-state index in [0.29, 0.717) is 11.3 Å². The summed E-state index contributed by atoms with van der Waals surface area (Å²) in [4.78, 5) is 12.1. The molecule has 0 spiro atoms. The van der Waals surface area contributed by atoms with E-state index in [-0.39, 0.29) is 11.2 Å². The van der Waals surface area contributed by atoms with Gasteiger partial charge in [-0.2, -0.15) is 0 Å². The van der Waals surface area contributed by atoms with Crippen LogP contribution in [0.2, 0.25) is 0 Å². The molecular weight excluding hydrogens is 286 g/mol. The zero-order valence-corrected chi connectivity index (χ0v) is 14.5. The minimum Gasteiger partial charge on any atom is -0.457 e. The van der Waals surface area contributed by atoms with E-state index in [1.54, 1.807) is 38.1 Å². The monoisotopic (exact) mass is 311 g/mol. The van der Waals surface area contributed by atoms with Crippen LogP contribution in [0.15, 0.2) is 48.5 Å². The summed E-state index contributed by atoms with van der Waals surface area (Å²) in [6.07, 6.45) is 0. The molecule has 0 aliphatic rings. The predicted molar refractivity (Wildman–Crippen MR) is 94.3 cm³/mol. The number of hydrogen-bond acceptors (Lipinski definition) is 3. The molecule has 0 aliphatic carbocycles. The van der Waals surface area contributed by atoms with Gasteiger partial charge in [-0.1, -0.05) is 32.9 Å². The van der Waals surface area contributed by atoms with Crippen LogP contribution in [-0.2, 0) is 5.41 Å². The molecular formula is C20H25NO2. The lowest BCUT2D eigenvalue weighted by atomic mass is 9.87. The van der Waals surface area contributed by atoms with E-state index in [2.05, 4.69) is 32.9 Å². The fourth-order valence-electron chi connectivity index (χ4n) is 2.21. The van der Waals surface area contributed by atoms with Crippen LogP contribution < -0.4 is 10.5 Å². The SMILES string of the molecule is CC(C)(N)C(=O)c1ccc(Oc2ccc(C(C)(C)C)cc2)cc1. The summed E-state index contributed by atoms with van der Waals surface area (Å²) < 4.78 is 5.82. The second kappa shape index (κ2) is 6.17. The smallest absolute Gasteiger partial charge is 0.182 e. The number of carbonyl (C=O) groups is 1. The molecule has 0 amide bonds. The summed E-state index contributed by atoms with van der Waals surface area (Å²) in [6.45, 7) is 9.94. The lowest BCUT2D eigenvalue weighted by Gasteiger charge is -2.19. The number of nitrogens with two attached hydrogens (primary N) is 1. The second-order valence-electron chi connectivity index (χ2n) is 7.45. The van der Waals surface area contributed by atoms with Gasteiger partial charge in [0.25, 0.3) is 0 Å². The molecule has 122 valence electrons. The van der Waals surface area contributed by atoms with Crippen molar-refractivity contribution < 1.29 is 9.53 Å². The van der Waals surface area contributed by atoms with Gasteiger partial charge in [0.15, 0.2) is 5.78 Å². The quantitative estimate of drug-likeness (QED) is 0.833. The van der Waals surface area contributed by atoms with Crippen LogP contribution in [0.25, 0.3) is 0 Å². The highest BCUT2D eigenvalue weighted by atomic mass is 16.5. The van der Waals surface area contributed by atoms with Crippen molar-refractivity contribution in [3.63, 3.8) is 0 Å². The standard InChI is InChI=1S/C20H25NO2/c1-19(2,3)15-8-12-17(13-9-15)23-16-10-6-14(7-11-16)18(22)20(4,5)21/h6-13H,21H2,1-5H3. The molecule has 0 heterocycles. The van der Waals surface area contributed by atoms with Crippen molar-refractivity contribution in [3.05, 3.63) is 59.7 Å². The first-order valence-electron chi connectivity index (χ1n) is 7.79. The van der Waals surface area contributed by atoms with E-state index in [0.717, 1.165) is 5.75 Å². The summed E-state index contributed by atoms with van der Waals surface area (Å²) in [5.41, 5.74) is 6.94. The zero-order valence-electron chi connectivity index (χ0n) is 14.5. The number of hydrogen-bond donors (Lipinski definition) is 1. The third-order valence-electron chi connectivity index (χ3n) is 3.66. The van der Waals surface area contributed by atoms with Gasteiger partial charge >= 0.3 is 0 Å². The molecule has 3 heteroatoms. The highest BCUT2D eigenvalue weighted by molar-refractivity contribution is 6.02. The minimum absolute atomic E-state index is 0.0846. The van der Waals surface area contributed by atoms with E-state index in [9.17, 15) is 4.79 Å². The third kappa shape index (κ3) is 4.42. The maximum atomic E-state index is 12.1. The van der Waals surface area contributed by atoms with Gasteiger partial charge in [-0.25, -0.2) is 0 Å². The number of Topliss-reactive ketones (excluding diaryl/α,β-unsaturated/α-hetero) is 1. The number of benzene rings is 2. The summed E-state index contributed by atoms with van der Waals surface area (Å²) in [6, 6.07) is 15.1. The van der Waals surface area contributed by atoms with Crippen molar-refractivity contribution in [1.29, 1.82) is 0 Å². The highest BCUT2D eigenvalue weighted by Gasteiger charge is 2.23. The molecule has 0 saturated heterocycles. The van der Waals surface area contributed by atoms with Gasteiger partial charge in [-0.15, -0.1) is 0 Å². The molecule has 2 aromatic carbocycles. The molecule has 0 bridgehead atoms. The van der Waals surface area contributed by atoms with Crippen molar-refractivity contribution in [2.24, 2.45) is 5.73 Å². The molecule has 0 atom stereocenters. The van der Waals surface area contributed by atoms with Gasteiger partial charge in [-0.05, 0) is 61.2 Å². The predicted octanol–water partition coefficient (Wildman–Crippen LogP) is 4.70. The normalized spacial score (nSPS) is 12.1. The average Bonchev–Trinajstić information content (AvgIpc) is 2.46. The van der Waals surface area contributed by atoms with E-state index in [1.165, 1.54) is 5.56 Å². The summed E-state index contributed by atoms with van der Waals surface area (Å²) in [5.74, 6) is 1.38. The Hall–Kier alpha value is -2.13. The average molecular weight is 311 g/mol. The molecule has 2 rings (SSSR count). The molecule has 0 unspecified atom stereocenters. The fourth-order valence-corrected chi connectivity index (χ4v) is 2.21. The molecule has 3 nitrogen and oxygen atoms in total. The number of rotatable bonds is 4. The molecule has 0 aliphatic heterocycles. The topological polar surface area (TPSA) is 52.3 Å². The minimum atomic E-state index is -0.870. The first kappa shape index (κ1) is 17.2. The highest BCUT2D eigenvalue weighted by Crippen LogP contribution is 2.27. The van der Waals surface area contributed by atoms with Crippen molar-refractivity contribution >= 4 is 5.78 Å². The molecule has 0 aromatic heterocycles. The van der Waals surface area contributed by atoms with Gasteiger partial charge in [0.05, 0.1) is 5.54 Å². The van der Waals surface area contributed by atoms with Crippen LogP contribution in [0.1, 0.15) is 50.5 Å². The second-order valence-corrected chi connectivity index (χ2v) is 7.45. The van der Waals surface area contributed by atoms with Crippen molar-refractivity contribution in [1.82, 2.24) is 0 Å². The van der Waals surface area contributed by atoms with Gasteiger partial charge in [0, 0.05) is 5.56 Å². The Labute approximate surface area is 138 Å². The van der Waals surface area contributed by atoms with E-state index >= 15 is 0 Å². The number of ether oxygens (including phenoxy) is 1. The van der Waals surface area contributed by atoms with Gasteiger partial charge in [-0.3, -0.25) is 4.79 Å². The van der Waals surface area contributed by atoms with E-state index < -0.39 is 5.54 Å². The van der Waals surface area contributed by atoms with E-state index in [4.69, 9.17) is 10.5 Å². The summed E-state index contributed by atoms with van der Waals surface area (Å²) in [5, 5.41) is 0. The van der Waals surface area contributed by atoms with Crippen molar-refractivity contribution in [2.75, 3.05) is 0 Å². The maximum Gasteiger partial charge on any atom is 0.182 e. The number of ketones is 1. The van der Waals surface area contributed by atoms with Crippen molar-refractivity contribution in [3.8, 4) is 11.5 Å². The molecule has 2 N–H and O–H groups in total. The zero-order chi connectivity index (χ0) is 17.3. The van der Waals surface area contributed by atoms with E-state index in [1.807, 2.05) is 12.1 Å². The first-order chi connectivity index (χ1) is 10.6. The molecule has 0 radical (unpaired) electrons. The Morgan fingerprint density at radius 3 is 1.65 bits per heavy atom. The van der Waals surface area contributed by atoms with Crippen LogP contribution in [-0.4, -0.2) is 11.3 Å². The van der Waals surface area contributed by atoms with Crippen LogP contribution in [0.4, 0.5) is 0 Å². The molecule has 0 fully saturated rings. The van der Waals surface area contributed by atoms with Gasteiger partial charge in [0.2, 0.25) is 0 Å². The van der Waals surface area contributed by atoms with Gasteiger partial charge in [0.1, 0.15) is 11.5 Å². The largest absolute Gasteiger partial charge is 0.457 e. The van der Waals surface area contributed by atoms with Gasteiger partial charge < -0.3 is 10.5 Å². The Morgan fingerprint density at radius 1 is 0.826 bits per heavy atom. The fraction of sp³-hybridized carbons (Fsp3) is 0.350.